The lowest BCUT2D eigenvalue weighted by molar-refractivity contribution is -0.143. The first kappa shape index (κ1) is 13.4. The average molecular weight is 244 g/mol. The van der Waals surface area contributed by atoms with E-state index in [0.29, 0.717) is 6.42 Å². The highest BCUT2D eigenvalue weighted by atomic mass is 16.4. The van der Waals surface area contributed by atoms with Gasteiger partial charge in [0, 0.05) is 6.42 Å². The number of carbonyl (C=O) groups is 3. The Morgan fingerprint density at radius 2 is 2.06 bits per heavy atom. The highest BCUT2D eigenvalue weighted by molar-refractivity contribution is 5.87. The lowest BCUT2D eigenvalue weighted by Gasteiger charge is -2.16. The van der Waals surface area contributed by atoms with E-state index in [9.17, 15) is 14.4 Å². The lowest BCUT2D eigenvalue weighted by Crippen LogP contribution is -2.48. The standard InChI is InChI=1S/C10H16N2O5/c13-8(14)4-3-7(10(16)17)12-9(15)6-2-1-5-11-6/h6-7,11H,1-5H2,(H,12,15)(H,13,14)(H,16,17)/t6-,7?/m1/s1. The van der Waals surface area contributed by atoms with Gasteiger partial charge in [-0.3, -0.25) is 9.59 Å². The molecule has 0 aromatic rings. The van der Waals surface area contributed by atoms with Gasteiger partial charge in [-0.1, -0.05) is 0 Å². The normalized spacial score (nSPS) is 20.8. The fourth-order valence-corrected chi connectivity index (χ4v) is 1.71. The Kier molecular flexibility index (Phi) is 4.89. The molecule has 1 rings (SSSR count). The Morgan fingerprint density at radius 3 is 2.53 bits per heavy atom. The number of hydrogen-bond acceptors (Lipinski definition) is 4. The molecule has 1 aliphatic heterocycles. The molecule has 1 fully saturated rings. The number of nitrogens with one attached hydrogen (secondary N) is 2. The van der Waals surface area contributed by atoms with Crippen molar-refractivity contribution in [1.82, 2.24) is 10.6 Å². The van der Waals surface area contributed by atoms with E-state index in [1.54, 1.807) is 0 Å². The van der Waals surface area contributed by atoms with Crippen molar-refractivity contribution in [1.29, 1.82) is 0 Å². The fraction of sp³-hybridized carbons (Fsp3) is 0.700. The first-order valence-electron chi connectivity index (χ1n) is 5.49. The molecule has 0 saturated carbocycles. The van der Waals surface area contributed by atoms with E-state index in [1.807, 2.05) is 0 Å². The second-order valence-corrected chi connectivity index (χ2v) is 3.98. The predicted molar refractivity (Wildman–Crippen MR) is 57.5 cm³/mol. The molecule has 96 valence electrons. The van der Waals surface area contributed by atoms with Crippen molar-refractivity contribution in [2.75, 3.05) is 6.54 Å². The minimum absolute atomic E-state index is 0.108. The van der Waals surface area contributed by atoms with Crippen LogP contribution in [0.3, 0.4) is 0 Å². The summed E-state index contributed by atoms with van der Waals surface area (Å²) in [5.74, 6) is -2.66. The van der Waals surface area contributed by atoms with Gasteiger partial charge in [-0.25, -0.2) is 4.79 Å². The summed E-state index contributed by atoms with van der Waals surface area (Å²) < 4.78 is 0. The van der Waals surface area contributed by atoms with E-state index < -0.39 is 18.0 Å². The van der Waals surface area contributed by atoms with E-state index >= 15 is 0 Å². The van der Waals surface area contributed by atoms with Crippen molar-refractivity contribution in [2.24, 2.45) is 0 Å². The smallest absolute Gasteiger partial charge is 0.326 e. The predicted octanol–water partition coefficient (Wildman–Crippen LogP) is -0.827. The summed E-state index contributed by atoms with van der Waals surface area (Å²) in [5, 5.41) is 22.6. The Bertz CT molecular complexity index is 312. The molecule has 1 amide bonds. The second-order valence-electron chi connectivity index (χ2n) is 3.98. The number of carboxylic acid groups (broad SMARTS) is 2. The molecule has 1 aliphatic rings. The summed E-state index contributed by atoms with van der Waals surface area (Å²) in [5.41, 5.74) is 0. The molecule has 0 aliphatic carbocycles. The van der Waals surface area contributed by atoms with Gasteiger partial charge in [-0.05, 0) is 25.8 Å². The first-order valence-corrected chi connectivity index (χ1v) is 5.49. The summed E-state index contributed by atoms with van der Waals surface area (Å²) in [6.07, 6.45) is 1.17. The maximum Gasteiger partial charge on any atom is 0.326 e. The number of amides is 1. The molecule has 1 heterocycles. The van der Waals surface area contributed by atoms with Crippen LogP contribution in [0.15, 0.2) is 0 Å². The van der Waals surface area contributed by atoms with Crippen LogP contribution in [0, 0.1) is 0 Å². The Hall–Kier alpha value is -1.63. The highest BCUT2D eigenvalue weighted by Crippen LogP contribution is 2.06. The summed E-state index contributed by atoms with van der Waals surface area (Å²) in [4.78, 5) is 32.8. The molecule has 4 N–H and O–H groups in total. The van der Waals surface area contributed by atoms with Crippen LogP contribution in [0.5, 0.6) is 0 Å². The quantitative estimate of drug-likeness (QED) is 0.485. The minimum atomic E-state index is -1.21. The van der Waals surface area contributed by atoms with Gasteiger partial charge in [0.05, 0.1) is 6.04 Å². The summed E-state index contributed by atoms with van der Waals surface area (Å²) in [6.45, 7) is 0.741. The monoisotopic (exact) mass is 244 g/mol. The van der Waals surface area contributed by atoms with Gasteiger partial charge in [0.2, 0.25) is 5.91 Å². The van der Waals surface area contributed by atoms with Gasteiger partial charge < -0.3 is 20.8 Å². The third-order valence-electron chi connectivity index (χ3n) is 2.64. The van der Waals surface area contributed by atoms with E-state index in [4.69, 9.17) is 10.2 Å². The Balaban J connectivity index is 2.44. The van der Waals surface area contributed by atoms with Crippen molar-refractivity contribution in [3.63, 3.8) is 0 Å². The second kappa shape index (κ2) is 6.19. The average Bonchev–Trinajstić information content (AvgIpc) is 2.76. The molecule has 0 bridgehead atoms. The van der Waals surface area contributed by atoms with E-state index in [2.05, 4.69) is 10.6 Å². The molecule has 7 heteroatoms. The van der Waals surface area contributed by atoms with Crippen LogP contribution in [0.2, 0.25) is 0 Å². The first-order chi connectivity index (χ1) is 8.00. The van der Waals surface area contributed by atoms with Crippen LogP contribution >= 0.6 is 0 Å². The van der Waals surface area contributed by atoms with Gasteiger partial charge in [0.25, 0.3) is 0 Å². The summed E-state index contributed by atoms with van der Waals surface area (Å²) in [6, 6.07) is -1.50. The zero-order chi connectivity index (χ0) is 12.8. The van der Waals surface area contributed by atoms with Crippen molar-refractivity contribution >= 4 is 17.8 Å². The number of rotatable bonds is 6. The Morgan fingerprint density at radius 1 is 1.35 bits per heavy atom. The number of hydrogen-bond donors (Lipinski definition) is 4. The number of carboxylic acids is 2. The molecule has 0 spiro atoms. The van der Waals surface area contributed by atoms with E-state index in [1.165, 1.54) is 0 Å². The fourth-order valence-electron chi connectivity index (χ4n) is 1.71. The largest absolute Gasteiger partial charge is 0.481 e. The topological polar surface area (TPSA) is 116 Å². The third-order valence-corrected chi connectivity index (χ3v) is 2.64. The molecule has 2 atom stereocenters. The maximum atomic E-state index is 11.6. The minimum Gasteiger partial charge on any atom is -0.481 e. The molecule has 7 nitrogen and oxygen atoms in total. The highest BCUT2D eigenvalue weighted by Gasteiger charge is 2.27. The third kappa shape index (κ3) is 4.39. The van der Waals surface area contributed by atoms with Crippen molar-refractivity contribution < 1.29 is 24.6 Å². The van der Waals surface area contributed by atoms with Crippen LogP contribution in [-0.4, -0.2) is 46.7 Å². The molecule has 0 radical (unpaired) electrons. The summed E-state index contributed by atoms with van der Waals surface area (Å²) in [7, 11) is 0. The van der Waals surface area contributed by atoms with Crippen LogP contribution in [0.25, 0.3) is 0 Å². The van der Waals surface area contributed by atoms with E-state index in [0.717, 1.165) is 13.0 Å². The van der Waals surface area contributed by atoms with Crippen LogP contribution < -0.4 is 10.6 Å². The van der Waals surface area contributed by atoms with Crippen molar-refractivity contribution in [3.05, 3.63) is 0 Å². The molecule has 1 unspecified atom stereocenters. The van der Waals surface area contributed by atoms with Gasteiger partial charge in [0.15, 0.2) is 0 Å². The zero-order valence-corrected chi connectivity index (χ0v) is 9.31. The molecule has 17 heavy (non-hydrogen) atoms. The summed E-state index contributed by atoms with van der Waals surface area (Å²) >= 11 is 0. The van der Waals surface area contributed by atoms with Crippen molar-refractivity contribution in [3.8, 4) is 0 Å². The van der Waals surface area contributed by atoms with Gasteiger partial charge in [0.1, 0.15) is 6.04 Å². The molecule has 1 saturated heterocycles. The SMILES string of the molecule is O=C(O)CCC(NC(=O)[C@H]1CCCN1)C(=O)O. The zero-order valence-electron chi connectivity index (χ0n) is 9.31. The molecule has 0 aromatic heterocycles. The number of carbonyl (C=O) groups excluding carboxylic acids is 1. The Labute approximate surface area is 98.2 Å². The van der Waals surface area contributed by atoms with Crippen LogP contribution in [0.4, 0.5) is 0 Å². The molecular formula is C10H16N2O5. The number of aliphatic carboxylic acids is 2. The van der Waals surface area contributed by atoms with E-state index in [-0.39, 0.29) is 24.8 Å². The van der Waals surface area contributed by atoms with Crippen molar-refractivity contribution in [2.45, 2.75) is 37.8 Å². The van der Waals surface area contributed by atoms with Gasteiger partial charge in [-0.15, -0.1) is 0 Å². The lowest BCUT2D eigenvalue weighted by atomic mass is 10.1. The molecular weight excluding hydrogens is 228 g/mol. The molecule has 0 aromatic carbocycles. The van der Waals surface area contributed by atoms with Gasteiger partial charge in [-0.2, -0.15) is 0 Å². The van der Waals surface area contributed by atoms with Crippen LogP contribution in [-0.2, 0) is 14.4 Å². The van der Waals surface area contributed by atoms with Crippen LogP contribution in [0.1, 0.15) is 25.7 Å². The van der Waals surface area contributed by atoms with Gasteiger partial charge >= 0.3 is 11.9 Å². The maximum absolute atomic E-state index is 11.6.